The Labute approximate surface area is 153 Å². The number of hydrogen-bond donors (Lipinski definition) is 1. The van der Waals surface area contributed by atoms with Crippen LogP contribution in [0.2, 0.25) is 0 Å². The lowest BCUT2D eigenvalue weighted by Gasteiger charge is -2.28. The van der Waals surface area contributed by atoms with E-state index in [2.05, 4.69) is 22.1 Å². The summed E-state index contributed by atoms with van der Waals surface area (Å²) in [5.41, 5.74) is 2.85. The van der Waals surface area contributed by atoms with Gasteiger partial charge in [-0.1, -0.05) is 6.92 Å². The maximum atomic E-state index is 12.4. The largest absolute Gasteiger partial charge is 0.378 e. The van der Waals surface area contributed by atoms with Crippen molar-refractivity contribution in [1.29, 1.82) is 0 Å². The molecule has 1 N–H and O–H groups in total. The molecule has 0 atom stereocenters. The Morgan fingerprint density at radius 2 is 2.00 bits per heavy atom. The quantitative estimate of drug-likeness (QED) is 0.861. The zero-order chi connectivity index (χ0) is 17.6. The highest BCUT2D eigenvalue weighted by Crippen LogP contribution is 2.20. The number of thiazole rings is 1. The van der Waals surface area contributed by atoms with Crippen molar-refractivity contribution in [1.82, 2.24) is 10.3 Å². The highest BCUT2D eigenvalue weighted by atomic mass is 32.1. The first-order chi connectivity index (χ1) is 12.2. The number of aryl methyl sites for hydroxylation is 2. The van der Waals surface area contributed by atoms with Crippen molar-refractivity contribution >= 4 is 22.9 Å². The molecule has 5 nitrogen and oxygen atoms in total. The number of aromatic nitrogens is 1. The van der Waals surface area contributed by atoms with Crippen LogP contribution in [0.1, 0.15) is 39.3 Å². The Morgan fingerprint density at radius 3 is 2.68 bits per heavy atom. The van der Waals surface area contributed by atoms with Gasteiger partial charge in [-0.05, 0) is 44.0 Å². The molecule has 6 heteroatoms. The standard InChI is InChI=1S/C19H25N3O2S/c1-3-4-18-21-14(2)17(25-18)13-20-19(23)15-5-7-16(8-6-15)22-9-11-24-12-10-22/h5-8H,3-4,9-13H2,1-2H3,(H,20,23). The van der Waals surface area contributed by atoms with E-state index in [-0.39, 0.29) is 5.91 Å². The molecular weight excluding hydrogens is 334 g/mol. The molecule has 0 saturated carbocycles. The van der Waals surface area contributed by atoms with Crippen molar-refractivity contribution in [3.05, 3.63) is 45.4 Å². The molecule has 0 spiro atoms. The summed E-state index contributed by atoms with van der Waals surface area (Å²) < 4.78 is 5.37. The van der Waals surface area contributed by atoms with Gasteiger partial charge in [0.25, 0.3) is 5.91 Å². The van der Waals surface area contributed by atoms with Gasteiger partial charge >= 0.3 is 0 Å². The second kappa shape index (κ2) is 8.45. The average molecular weight is 359 g/mol. The topological polar surface area (TPSA) is 54.5 Å². The molecule has 1 aliphatic heterocycles. The zero-order valence-corrected chi connectivity index (χ0v) is 15.7. The summed E-state index contributed by atoms with van der Waals surface area (Å²) in [7, 11) is 0. The average Bonchev–Trinajstić information content (AvgIpc) is 3.00. The van der Waals surface area contributed by atoms with Crippen LogP contribution < -0.4 is 10.2 Å². The van der Waals surface area contributed by atoms with Crippen LogP contribution >= 0.6 is 11.3 Å². The lowest BCUT2D eigenvalue weighted by molar-refractivity contribution is 0.0951. The van der Waals surface area contributed by atoms with Crippen LogP contribution in [-0.4, -0.2) is 37.2 Å². The summed E-state index contributed by atoms with van der Waals surface area (Å²) in [5.74, 6) is -0.0432. The Morgan fingerprint density at radius 1 is 1.28 bits per heavy atom. The molecule has 1 fully saturated rings. The molecule has 0 radical (unpaired) electrons. The summed E-state index contributed by atoms with van der Waals surface area (Å²) in [6.07, 6.45) is 2.09. The summed E-state index contributed by atoms with van der Waals surface area (Å²) in [6.45, 7) is 8.02. The number of nitrogens with zero attached hydrogens (tertiary/aromatic N) is 2. The molecule has 134 valence electrons. The van der Waals surface area contributed by atoms with Crippen LogP contribution in [0.25, 0.3) is 0 Å². The van der Waals surface area contributed by atoms with Gasteiger partial charge in [0.1, 0.15) is 0 Å². The smallest absolute Gasteiger partial charge is 0.251 e. The van der Waals surface area contributed by atoms with Crippen LogP contribution in [-0.2, 0) is 17.7 Å². The van der Waals surface area contributed by atoms with Gasteiger partial charge in [-0.25, -0.2) is 4.98 Å². The first-order valence-corrected chi connectivity index (χ1v) is 9.65. The minimum Gasteiger partial charge on any atom is -0.378 e. The minimum atomic E-state index is -0.0432. The van der Waals surface area contributed by atoms with Gasteiger partial charge in [0.2, 0.25) is 0 Å². The number of nitrogens with one attached hydrogen (secondary N) is 1. The van der Waals surface area contributed by atoms with Crippen molar-refractivity contribution in [3.63, 3.8) is 0 Å². The Hall–Kier alpha value is -1.92. The molecule has 1 aliphatic rings. The monoisotopic (exact) mass is 359 g/mol. The van der Waals surface area contributed by atoms with E-state index in [1.165, 1.54) is 0 Å². The van der Waals surface area contributed by atoms with E-state index >= 15 is 0 Å². The molecule has 0 bridgehead atoms. The number of amides is 1. The molecular formula is C19H25N3O2S. The van der Waals surface area contributed by atoms with Crippen molar-refractivity contribution < 1.29 is 9.53 Å². The number of carbonyl (C=O) groups excluding carboxylic acids is 1. The highest BCUT2D eigenvalue weighted by Gasteiger charge is 2.13. The Balaban J connectivity index is 1.57. The van der Waals surface area contributed by atoms with E-state index in [1.54, 1.807) is 11.3 Å². The third-order valence-corrected chi connectivity index (χ3v) is 5.53. The fourth-order valence-corrected chi connectivity index (χ4v) is 3.99. The van der Waals surface area contributed by atoms with E-state index in [0.717, 1.165) is 60.4 Å². The number of carbonyl (C=O) groups is 1. The summed E-state index contributed by atoms with van der Waals surface area (Å²) in [5, 5.41) is 4.16. The number of morpholine rings is 1. The van der Waals surface area contributed by atoms with Crippen LogP contribution in [0.5, 0.6) is 0 Å². The number of rotatable bonds is 6. The summed E-state index contributed by atoms with van der Waals surface area (Å²) in [6, 6.07) is 7.80. The van der Waals surface area contributed by atoms with Crippen LogP contribution in [0.3, 0.4) is 0 Å². The van der Waals surface area contributed by atoms with Gasteiger partial charge in [-0.3, -0.25) is 4.79 Å². The number of ether oxygens (including phenoxy) is 1. The van der Waals surface area contributed by atoms with E-state index in [0.29, 0.717) is 12.1 Å². The molecule has 1 aromatic carbocycles. The molecule has 1 aromatic heterocycles. The van der Waals surface area contributed by atoms with Crippen molar-refractivity contribution in [2.24, 2.45) is 0 Å². The molecule has 3 rings (SSSR count). The Kier molecular flexibility index (Phi) is 6.04. The van der Waals surface area contributed by atoms with E-state index in [4.69, 9.17) is 4.74 Å². The Bertz CT molecular complexity index is 706. The van der Waals surface area contributed by atoms with Gasteiger partial charge in [0.15, 0.2) is 0 Å². The zero-order valence-electron chi connectivity index (χ0n) is 14.9. The third-order valence-electron chi connectivity index (χ3n) is 4.32. The van der Waals surface area contributed by atoms with Crippen molar-refractivity contribution in [3.8, 4) is 0 Å². The fraction of sp³-hybridized carbons (Fsp3) is 0.474. The second-order valence-electron chi connectivity index (χ2n) is 6.20. The number of anilines is 1. The first kappa shape index (κ1) is 17.9. The second-order valence-corrected chi connectivity index (χ2v) is 7.36. The highest BCUT2D eigenvalue weighted by molar-refractivity contribution is 7.11. The van der Waals surface area contributed by atoms with E-state index < -0.39 is 0 Å². The number of benzene rings is 1. The van der Waals surface area contributed by atoms with Crippen molar-refractivity contribution in [2.75, 3.05) is 31.2 Å². The van der Waals surface area contributed by atoms with Gasteiger partial charge in [-0.15, -0.1) is 11.3 Å². The molecule has 2 heterocycles. The van der Waals surface area contributed by atoms with Gasteiger partial charge in [0.05, 0.1) is 30.5 Å². The molecule has 1 saturated heterocycles. The van der Waals surface area contributed by atoms with Gasteiger partial charge in [0, 0.05) is 29.2 Å². The molecule has 0 aliphatic carbocycles. The third kappa shape index (κ3) is 4.58. The molecule has 2 aromatic rings. The minimum absolute atomic E-state index is 0.0432. The lowest BCUT2D eigenvalue weighted by atomic mass is 10.1. The SMILES string of the molecule is CCCc1nc(C)c(CNC(=O)c2ccc(N3CCOCC3)cc2)s1. The summed E-state index contributed by atoms with van der Waals surface area (Å²) in [4.78, 5) is 20.4. The molecule has 25 heavy (non-hydrogen) atoms. The fourth-order valence-electron chi connectivity index (χ4n) is 2.88. The van der Waals surface area contributed by atoms with E-state index in [9.17, 15) is 4.79 Å². The van der Waals surface area contributed by atoms with Gasteiger partial charge < -0.3 is 15.0 Å². The maximum Gasteiger partial charge on any atom is 0.251 e. The number of hydrogen-bond acceptors (Lipinski definition) is 5. The van der Waals surface area contributed by atoms with Crippen LogP contribution in [0.15, 0.2) is 24.3 Å². The first-order valence-electron chi connectivity index (χ1n) is 8.83. The van der Waals surface area contributed by atoms with E-state index in [1.807, 2.05) is 31.2 Å². The lowest BCUT2D eigenvalue weighted by Crippen LogP contribution is -2.36. The summed E-state index contributed by atoms with van der Waals surface area (Å²) >= 11 is 1.70. The predicted octanol–water partition coefficient (Wildman–Crippen LogP) is 3.17. The normalized spacial score (nSPS) is 14.6. The molecule has 1 amide bonds. The van der Waals surface area contributed by atoms with Gasteiger partial charge in [-0.2, -0.15) is 0 Å². The van der Waals surface area contributed by atoms with Crippen molar-refractivity contribution in [2.45, 2.75) is 33.2 Å². The van der Waals surface area contributed by atoms with Crippen LogP contribution in [0.4, 0.5) is 5.69 Å². The molecule has 0 unspecified atom stereocenters. The van der Waals surface area contributed by atoms with Crippen LogP contribution in [0, 0.1) is 6.92 Å². The predicted molar refractivity (Wildman–Crippen MR) is 101 cm³/mol. The maximum absolute atomic E-state index is 12.4.